The molecular formula is C9H10N2. The summed E-state index contributed by atoms with van der Waals surface area (Å²) in [6.07, 6.45) is 5.24. The number of nitrogens with zero attached hydrogens (tertiary/aromatic N) is 1. The predicted molar refractivity (Wildman–Crippen MR) is 46.5 cm³/mol. The molecule has 56 valence electrons. The summed E-state index contributed by atoms with van der Waals surface area (Å²) in [5.74, 6) is 2.51. The van der Waals surface area contributed by atoms with Crippen LogP contribution in [0.25, 0.3) is 0 Å². The van der Waals surface area contributed by atoms with Crippen molar-refractivity contribution in [2.24, 2.45) is 0 Å². The van der Waals surface area contributed by atoms with Crippen LogP contribution in [0.4, 0.5) is 5.69 Å². The molecule has 0 aliphatic heterocycles. The van der Waals surface area contributed by atoms with E-state index in [4.69, 9.17) is 6.42 Å². The molecule has 1 aromatic heterocycles. The SMILES string of the molecule is C#Cc1nc(C)ccc1NC. The fraction of sp³-hybridized carbons (Fsp3) is 0.222. The molecule has 2 heteroatoms. The Morgan fingerprint density at radius 2 is 2.27 bits per heavy atom. The third kappa shape index (κ3) is 1.50. The van der Waals surface area contributed by atoms with E-state index in [1.165, 1.54) is 0 Å². The number of aryl methyl sites for hydroxylation is 1. The van der Waals surface area contributed by atoms with E-state index in [0.717, 1.165) is 11.4 Å². The van der Waals surface area contributed by atoms with Crippen LogP contribution in [0, 0.1) is 19.3 Å². The Morgan fingerprint density at radius 3 is 2.82 bits per heavy atom. The van der Waals surface area contributed by atoms with Crippen LogP contribution in [0.5, 0.6) is 0 Å². The maximum Gasteiger partial charge on any atom is 0.136 e. The van der Waals surface area contributed by atoms with Crippen LogP contribution in [-0.4, -0.2) is 12.0 Å². The molecule has 0 atom stereocenters. The van der Waals surface area contributed by atoms with Gasteiger partial charge in [-0.25, -0.2) is 4.98 Å². The molecule has 0 aromatic carbocycles. The zero-order chi connectivity index (χ0) is 8.27. The number of anilines is 1. The van der Waals surface area contributed by atoms with Crippen molar-refractivity contribution >= 4 is 5.69 Å². The standard InChI is InChI=1S/C9H10N2/c1-4-8-9(10-3)6-5-7(2)11-8/h1,5-6,10H,2-3H3. The number of hydrogen-bond donors (Lipinski definition) is 1. The van der Waals surface area contributed by atoms with Crippen molar-refractivity contribution in [1.29, 1.82) is 0 Å². The molecule has 1 N–H and O–H groups in total. The van der Waals surface area contributed by atoms with E-state index in [2.05, 4.69) is 16.2 Å². The molecule has 0 saturated heterocycles. The van der Waals surface area contributed by atoms with Crippen LogP contribution in [0.2, 0.25) is 0 Å². The quantitative estimate of drug-likeness (QED) is 0.606. The monoisotopic (exact) mass is 146 g/mol. The Kier molecular flexibility index (Phi) is 2.12. The summed E-state index contributed by atoms with van der Waals surface area (Å²) < 4.78 is 0. The summed E-state index contributed by atoms with van der Waals surface area (Å²) in [6.45, 7) is 1.92. The fourth-order valence-electron chi connectivity index (χ4n) is 0.868. The van der Waals surface area contributed by atoms with E-state index >= 15 is 0 Å². The van der Waals surface area contributed by atoms with Gasteiger partial charge in [-0.2, -0.15) is 0 Å². The molecule has 0 aliphatic carbocycles. The van der Waals surface area contributed by atoms with Gasteiger partial charge in [-0.15, -0.1) is 6.42 Å². The molecule has 0 spiro atoms. The van der Waals surface area contributed by atoms with Gasteiger partial charge in [0.1, 0.15) is 5.69 Å². The highest BCUT2D eigenvalue weighted by Gasteiger charge is 1.97. The van der Waals surface area contributed by atoms with Crippen LogP contribution >= 0.6 is 0 Å². The second-order valence-electron chi connectivity index (χ2n) is 2.24. The summed E-state index contributed by atoms with van der Waals surface area (Å²) in [4.78, 5) is 4.16. The van der Waals surface area contributed by atoms with Gasteiger partial charge in [-0.3, -0.25) is 0 Å². The van der Waals surface area contributed by atoms with Gasteiger partial charge in [-0.1, -0.05) is 0 Å². The number of nitrogens with one attached hydrogen (secondary N) is 1. The van der Waals surface area contributed by atoms with Gasteiger partial charge >= 0.3 is 0 Å². The first-order valence-corrected chi connectivity index (χ1v) is 3.40. The average Bonchev–Trinajstić information content (AvgIpc) is 2.04. The minimum Gasteiger partial charge on any atom is -0.386 e. The molecule has 1 aromatic rings. The van der Waals surface area contributed by atoms with Gasteiger partial charge in [0.2, 0.25) is 0 Å². The first-order chi connectivity index (χ1) is 5.27. The maximum atomic E-state index is 5.24. The number of aromatic nitrogens is 1. The van der Waals surface area contributed by atoms with Crippen molar-refractivity contribution in [1.82, 2.24) is 4.98 Å². The highest BCUT2D eigenvalue weighted by Crippen LogP contribution is 2.10. The molecule has 1 rings (SSSR count). The van der Waals surface area contributed by atoms with Crippen LogP contribution in [-0.2, 0) is 0 Å². The molecule has 0 saturated carbocycles. The molecule has 0 unspecified atom stereocenters. The molecule has 0 aliphatic rings. The topological polar surface area (TPSA) is 24.9 Å². The normalized spacial score (nSPS) is 8.82. The van der Waals surface area contributed by atoms with Crippen LogP contribution < -0.4 is 5.32 Å². The summed E-state index contributed by atoms with van der Waals surface area (Å²) in [5, 5.41) is 2.97. The first-order valence-electron chi connectivity index (χ1n) is 3.40. The fourth-order valence-corrected chi connectivity index (χ4v) is 0.868. The van der Waals surface area contributed by atoms with Gasteiger partial charge in [0.15, 0.2) is 0 Å². The smallest absolute Gasteiger partial charge is 0.136 e. The lowest BCUT2D eigenvalue weighted by Gasteiger charge is -2.02. The van der Waals surface area contributed by atoms with E-state index in [-0.39, 0.29) is 0 Å². The molecule has 0 bridgehead atoms. The Labute approximate surface area is 66.7 Å². The minimum absolute atomic E-state index is 0.674. The first kappa shape index (κ1) is 7.62. The highest BCUT2D eigenvalue weighted by molar-refractivity contribution is 5.54. The average molecular weight is 146 g/mol. The molecule has 11 heavy (non-hydrogen) atoms. The van der Waals surface area contributed by atoms with Gasteiger partial charge in [0.25, 0.3) is 0 Å². The van der Waals surface area contributed by atoms with Gasteiger partial charge in [0.05, 0.1) is 5.69 Å². The minimum atomic E-state index is 0.674. The van der Waals surface area contributed by atoms with E-state index in [9.17, 15) is 0 Å². The van der Waals surface area contributed by atoms with Crippen molar-refractivity contribution in [3.05, 3.63) is 23.5 Å². The molecule has 0 radical (unpaired) electrons. The van der Waals surface area contributed by atoms with Crippen molar-refractivity contribution in [3.8, 4) is 12.3 Å². The Bertz CT molecular complexity index is 297. The van der Waals surface area contributed by atoms with Crippen molar-refractivity contribution < 1.29 is 0 Å². The number of hydrogen-bond acceptors (Lipinski definition) is 2. The van der Waals surface area contributed by atoms with Crippen LogP contribution in [0.3, 0.4) is 0 Å². The second-order valence-corrected chi connectivity index (χ2v) is 2.24. The van der Waals surface area contributed by atoms with Gasteiger partial charge < -0.3 is 5.32 Å². The van der Waals surface area contributed by atoms with Crippen molar-refractivity contribution in [3.63, 3.8) is 0 Å². The van der Waals surface area contributed by atoms with Crippen molar-refractivity contribution in [2.75, 3.05) is 12.4 Å². The van der Waals surface area contributed by atoms with Gasteiger partial charge in [0, 0.05) is 12.7 Å². The number of pyridine rings is 1. The summed E-state index contributed by atoms with van der Waals surface area (Å²) in [6, 6.07) is 3.85. The zero-order valence-corrected chi connectivity index (χ0v) is 6.68. The molecule has 0 fully saturated rings. The number of rotatable bonds is 1. The summed E-state index contributed by atoms with van der Waals surface area (Å²) in [7, 11) is 1.83. The Morgan fingerprint density at radius 1 is 1.55 bits per heavy atom. The van der Waals surface area contributed by atoms with E-state index < -0.39 is 0 Å². The zero-order valence-electron chi connectivity index (χ0n) is 6.68. The predicted octanol–water partition coefficient (Wildman–Crippen LogP) is 1.41. The second kappa shape index (κ2) is 3.07. The lowest BCUT2D eigenvalue weighted by atomic mass is 10.2. The third-order valence-corrected chi connectivity index (χ3v) is 1.44. The van der Waals surface area contributed by atoms with Crippen LogP contribution in [0.15, 0.2) is 12.1 Å². The molecular weight excluding hydrogens is 136 g/mol. The van der Waals surface area contributed by atoms with E-state index in [1.54, 1.807) is 0 Å². The Balaban J connectivity index is 3.19. The van der Waals surface area contributed by atoms with E-state index in [1.807, 2.05) is 26.1 Å². The van der Waals surface area contributed by atoms with Gasteiger partial charge in [-0.05, 0) is 25.0 Å². The third-order valence-electron chi connectivity index (χ3n) is 1.44. The molecule has 1 heterocycles. The van der Waals surface area contributed by atoms with Crippen molar-refractivity contribution in [2.45, 2.75) is 6.92 Å². The lowest BCUT2D eigenvalue weighted by Crippen LogP contribution is -1.95. The summed E-state index contributed by atoms with van der Waals surface area (Å²) >= 11 is 0. The summed E-state index contributed by atoms with van der Waals surface area (Å²) in [5.41, 5.74) is 2.52. The highest BCUT2D eigenvalue weighted by atomic mass is 14.9. The largest absolute Gasteiger partial charge is 0.386 e. The Hall–Kier alpha value is -1.49. The lowest BCUT2D eigenvalue weighted by molar-refractivity contribution is 1.17. The maximum absolute atomic E-state index is 5.24. The van der Waals surface area contributed by atoms with Crippen LogP contribution in [0.1, 0.15) is 11.4 Å². The van der Waals surface area contributed by atoms with E-state index in [0.29, 0.717) is 5.69 Å². The molecule has 2 nitrogen and oxygen atoms in total. The molecule has 0 amide bonds. The number of terminal acetylenes is 1.